The molecule has 0 unspecified atom stereocenters. The maximum Gasteiger partial charge on any atom is 0.328 e. The van der Waals surface area contributed by atoms with Gasteiger partial charge < -0.3 is 9.47 Å². The van der Waals surface area contributed by atoms with Crippen molar-refractivity contribution >= 4 is 23.7 Å². The molecule has 0 radical (unpaired) electrons. The quantitative estimate of drug-likeness (QED) is 0.634. The number of nitrogens with zero attached hydrogens (tertiary/aromatic N) is 1. The second-order valence-corrected chi connectivity index (χ2v) is 4.87. The third-order valence-electron chi connectivity index (χ3n) is 2.69. The molecule has 88 valence electrons. The van der Waals surface area contributed by atoms with Gasteiger partial charge in [0.05, 0.1) is 6.61 Å². The molecule has 3 rings (SSSR count). The first-order chi connectivity index (χ1) is 7.66. The van der Waals surface area contributed by atoms with Crippen LogP contribution in [0, 0.1) is 0 Å². The van der Waals surface area contributed by atoms with Crippen molar-refractivity contribution in [3.63, 3.8) is 0 Å². The number of hydrogen-bond acceptors (Lipinski definition) is 5. The number of urea groups is 1. The second-order valence-electron chi connectivity index (χ2n) is 3.68. The van der Waals surface area contributed by atoms with E-state index in [1.54, 1.807) is 0 Å². The predicted molar refractivity (Wildman–Crippen MR) is 51.1 cm³/mol. The number of amides is 3. The molecule has 16 heavy (non-hydrogen) atoms. The van der Waals surface area contributed by atoms with Gasteiger partial charge in [-0.2, -0.15) is 0 Å². The van der Waals surface area contributed by atoms with Gasteiger partial charge in [0, 0.05) is 5.75 Å². The number of alkyl halides is 1. The topological polar surface area (TPSA) is 67.9 Å². The van der Waals surface area contributed by atoms with Gasteiger partial charge in [-0.1, -0.05) is 0 Å². The van der Waals surface area contributed by atoms with Crippen LogP contribution in [0.1, 0.15) is 0 Å². The van der Waals surface area contributed by atoms with Gasteiger partial charge >= 0.3 is 6.03 Å². The van der Waals surface area contributed by atoms with Gasteiger partial charge in [0.2, 0.25) is 6.17 Å². The molecule has 3 amide bonds. The van der Waals surface area contributed by atoms with Crippen LogP contribution in [0.2, 0.25) is 0 Å². The molecule has 0 aliphatic carbocycles. The number of halogens is 1. The maximum absolute atomic E-state index is 13.6. The summed E-state index contributed by atoms with van der Waals surface area (Å²) in [6.45, 7) is 0.184. The summed E-state index contributed by atoms with van der Waals surface area (Å²) in [6.07, 6.45) is -3.53. The third-order valence-corrected chi connectivity index (χ3v) is 3.78. The molecular weight excluding hydrogens is 239 g/mol. The van der Waals surface area contributed by atoms with Crippen molar-refractivity contribution in [2.24, 2.45) is 0 Å². The van der Waals surface area contributed by atoms with Gasteiger partial charge in [-0.3, -0.25) is 15.0 Å². The van der Waals surface area contributed by atoms with Crippen molar-refractivity contribution in [3.8, 4) is 0 Å². The van der Waals surface area contributed by atoms with Crippen molar-refractivity contribution < 1.29 is 23.5 Å². The Morgan fingerprint density at radius 2 is 2.31 bits per heavy atom. The summed E-state index contributed by atoms with van der Waals surface area (Å²) >= 11 is 1.51. The summed E-state index contributed by atoms with van der Waals surface area (Å²) in [7, 11) is 0. The van der Waals surface area contributed by atoms with Crippen LogP contribution in [-0.2, 0) is 14.3 Å². The Balaban J connectivity index is 1.92. The molecule has 3 saturated heterocycles. The first-order valence-electron chi connectivity index (χ1n) is 4.83. The Hall–Kier alpha value is -0.860. The Kier molecular flexibility index (Phi) is 2.30. The number of rotatable bonds is 0. The summed E-state index contributed by atoms with van der Waals surface area (Å²) in [5.41, 5.74) is -0.189. The molecule has 3 aliphatic heterocycles. The first-order valence-corrected chi connectivity index (χ1v) is 5.87. The Labute approximate surface area is 94.4 Å². The first kappa shape index (κ1) is 10.3. The molecule has 3 aliphatic rings. The van der Waals surface area contributed by atoms with Gasteiger partial charge in [0.1, 0.15) is 11.7 Å². The molecule has 0 aromatic heterocycles. The van der Waals surface area contributed by atoms with Gasteiger partial charge in [-0.25, -0.2) is 9.18 Å². The summed E-state index contributed by atoms with van der Waals surface area (Å²) in [4.78, 5) is 23.8. The normalized spacial score (nSPS) is 42.7. The van der Waals surface area contributed by atoms with E-state index in [2.05, 4.69) is 0 Å². The van der Waals surface area contributed by atoms with E-state index in [1.807, 2.05) is 5.32 Å². The van der Waals surface area contributed by atoms with E-state index in [0.29, 0.717) is 5.75 Å². The average molecular weight is 248 g/mol. The number of imide groups is 1. The predicted octanol–water partition coefficient (Wildman–Crippen LogP) is -0.352. The summed E-state index contributed by atoms with van der Waals surface area (Å²) in [5.74, 6) is -0.379. The molecule has 0 aromatic carbocycles. The highest BCUT2D eigenvalue weighted by Crippen LogP contribution is 2.34. The number of carbonyl (C=O) groups is 2. The van der Waals surface area contributed by atoms with Crippen molar-refractivity contribution in [2.45, 2.75) is 24.1 Å². The Morgan fingerprint density at radius 1 is 1.50 bits per heavy atom. The van der Waals surface area contributed by atoms with E-state index in [0.717, 1.165) is 4.90 Å². The Morgan fingerprint density at radius 3 is 3.12 bits per heavy atom. The van der Waals surface area contributed by atoms with Crippen LogP contribution < -0.4 is 5.32 Å². The lowest BCUT2D eigenvalue weighted by molar-refractivity contribution is -0.148. The standard InChI is InChI=1S/C8H9FN2O4S/c9-5-6(12)10-8(13)11-3-2-16-4(15-3)1-14-7(5)11/h3-5,7H,1-2H2,(H,10,12,13)/t3-,4-,5+,7-/m1/s1. The van der Waals surface area contributed by atoms with Crippen molar-refractivity contribution in [1.82, 2.24) is 10.2 Å². The lowest BCUT2D eigenvalue weighted by atomic mass is 10.2. The molecule has 0 spiro atoms. The number of hydrogen-bond donors (Lipinski definition) is 1. The summed E-state index contributed by atoms with van der Waals surface area (Å²) < 4.78 is 24.3. The van der Waals surface area contributed by atoms with Crippen LogP contribution in [-0.4, -0.2) is 53.3 Å². The van der Waals surface area contributed by atoms with Crippen LogP contribution >= 0.6 is 11.8 Å². The minimum atomic E-state index is -1.86. The number of ether oxygens (including phenoxy) is 2. The van der Waals surface area contributed by atoms with E-state index in [-0.39, 0.29) is 12.0 Å². The van der Waals surface area contributed by atoms with Gasteiger partial charge in [-0.15, -0.1) is 11.8 Å². The monoisotopic (exact) mass is 248 g/mol. The smallest absolute Gasteiger partial charge is 0.328 e. The number of thioether (sulfide) groups is 1. The number of carbonyl (C=O) groups excluding carboxylic acids is 2. The van der Waals surface area contributed by atoms with Crippen LogP contribution in [0.5, 0.6) is 0 Å². The average Bonchev–Trinajstić information content (AvgIpc) is 2.58. The molecule has 6 nitrogen and oxygen atoms in total. The van der Waals surface area contributed by atoms with Crippen LogP contribution in [0.15, 0.2) is 0 Å². The Bertz CT molecular complexity index is 355. The minimum absolute atomic E-state index is 0.184. The molecule has 3 fully saturated rings. The molecule has 0 aromatic rings. The molecule has 1 N–H and O–H groups in total. The lowest BCUT2D eigenvalue weighted by Crippen LogP contribution is -2.64. The number of fused-ring (bicyclic) bond motifs is 4. The third kappa shape index (κ3) is 1.40. The fourth-order valence-corrected chi connectivity index (χ4v) is 2.94. The molecule has 0 saturated carbocycles. The van der Waals surface area contributed by atoms with Crippen LogP contribution in [0.4, 0.5) is 9.18 Å². The summed E-state index contributed by atoms with van der Waals surface area (Å²) in [6, 6.07) is -0.656. The fraction of sp³-hybridized carbons (Fsp3) is 0.750. The molecule has 2 bridgehead atoms. The highest BCUT2D eigenvalue weighted by Gasteiger charge is 2.50. The van der Waals surface area contributed by atoms with Crippen molar-refractivity contribution in [2.75, 3.05) is 12.4 Å². The molecule has 3 heterocycles. The van der Waals surface area contributed by atoms with E-state index in [4.69, 9.17) is 9.47 Å². The van der Waals surface area contributed by atoms with Gasteiger partial charge in [-0.05, 0) is 0 Å². The lowest BCUT2D eigenvalue weighted by Gasteiger charge is -2.37. The zero-order chi connectivity index (χ0) is 11.3. The zero-order valence-corrected chi connectivity index (χ0v) is 8.91. The van der Waals surface area contributed by atoms with Crippen molar-refractivity contribution in [3.05, 3.63) is 0 Å². The van der Waals surface area contributed by atoms with E-state index >= 15 is 0 Å². The second kappa shape index (κ2) is 3.57. The minimum Gasteiger partial charge on any atom is -0.351 e. The fourth-order valence-electron chi connectivity index (χ4n) is 1.94. The van der Waals surface area contributed by atoms with E-state index in [9.17, 15) is 14.0 Å². The maximum atomic E-state index is 13.6. The van der Waals surface area contributed by atoms with Gasteiger partial charge in [0.15, 0.2) is 6.23 Å². The zero-order valence-electron chi connectivity index (χ0n) is 8.09. The van der Waals surface area contributed by atoms with Crippen molar-refractivity contribution in [1.29, 1.82) is 0 Å². The van der Waals surface area contributed by atoms with Gasteiger partial charge in [0.25, 0.3) is 5.91 Å². The molecule has 4 atom stereocenters. The molecular formula is C8H9FN2O4S. The highest BCUT2D eigenvalue weighted by molar-refractivity contribution is 8.00. The van der Waals surface area contributed by atoms with Crippen LogP contribution in [0.3, 0.4) is 0 Å². The highest BCUT2D eigenvalue weighted by atomic mass is 32.2. The van der Waals surface area contributed by atoms with Crippen LogP contribution in [0.25, 0.3) is 0 Å². The molecule has 8 heteroatoms. The number of nitrogens with one attached hydrogen (secondary N) is 1. The largest absolute Gasteiger partial charge is 0.351 e. The summed E-state index contributed by atoms with van der Waals surface area (Å²) in [5, 5.41) is 1.94. The SMILES string of the molecule is O=C1NC(=O)N2[C@H](OC[C@@H]3O[C@@H]2CS3)[C@H]1F. The van der Waals surface area contributed by atoms with E-state index < -0.39 is 30.6 Å². The van der Waals surface area contributed by atoms with E-state index in [1.165, 1.54) is 11.8 Å².